The van der Waals surface area contributed by atoms with Gasteiger partial charge in [-0.2, -0.15) is 5.10 Å². The Balaban J connectivity index is 1.14. The predicted octanol–water partition coefficient (Wildman–Crippen LogP) is 2.47. The van der Waals surface area contributed by atoms with Crippen molar-refractivity contribution in [2.45, 2.75) is 50.0 Å². The average molecular weight is 336 g/mol. The van der Waals surface area contributed by atoms with Gasteiger partial charge in [-0.1, -0.05) is 24.3 Å². The molecule has 5 nitrogen and oxygen atoms in total. The molecular weight excluding hydrogens is 312 g/mol. The lowest BCUT2D eigenvalue weighted by molar-refractivity contribution is 0.235. The highest BCUT2D eigenvalue weighted by molar-refractivity contribution is 5.74. The Morgan fingerprint density at radius 1 is 1.28 bits per heavy atom. The summed E-state index contributed by atoms with van der Waals surface area (Å²) >= 11 is 0. The lowest BCUT2D eigenvalue weighted by Gasteiger charge is -2.23. The van der Waals surface area contributed by atoms with Gasteiger partial charge in [-0.05, 0) is 61.1 Å². The van der Waals surface area contributed by atoms with Crippen LogP contribution in [0.1, 0.15) is 41.6 Å². The molecule has 2 aromatic rings. The number of benzene rings is 1. The predicted molar refractivity (Wildman–Crippen MR) is 95.5 cm³/mol. The fourth-order valence-corrected chi connectivity index (χ4v) is 4.99. The van der Waals surface area contributed by atoms with Crippen molar-refractivity contribution in [2.24, 2.45) is 5.92 Å². The molecule has 1 spiro atoms. The minimum absolute atomic E-state index is 0.0229. The normalized spacial score (nSPS) is 29.1. The maximum absolute atomic E-state index is 12.3. The van der Waals surface area contributed by atoms with Crippen LogP contribution in [0.4, 0.5) is 4.79 Å². The Hall–Kier alpha value is -2.30. The average Bonchev–Trinajstić information content (AvgIpc) is 2.95. The zero-order chi connectivity index (χ0) is 16.9. The van der Waals surface area contributed by atoms with E-state index in [0.717, 1.165) is 25.8 Å². The van der Waals surface area contributed by atoms with Crippen LogP contribution in [0.25, 0.3) is 0 Å². The van der Waals surface area contributed by atoms with E-state index in [-0.39, 0.29) is 12.1 Å². The van der Waals surface area contributed by atoms with E-state index in [0.29, 0.717) is 11.3 Å². The first-order valence-corrected chi connectivity index (χ1v) is 9.38. The third-order valence-corrected chi connectivity index (χ3v) is 6.49. The monoisotopic (exact) mass is 336 g/mol. The number of fused-ring (bicyclic) bond motifs is 3. The molecular formula is C20H24N4O. The van der Waals surface area contributed by atoms with E-state index >= 15 is 0 Å². The van der Waals surface area contributed by atoms with Crippen molar-refractivity contribution >= 4 is 6.03 Å². The maximum Gasteiger partial charge on any atom is 0.315 e. The quantitative estimate of drug-likeness (QED) is 0.806. The van der Waals surface area contributed by atoms with E-state index in [1.54, 1.807) is 0 Å². The van der Waals surface area contributed by atoms with Crippen molar-refractivity contribution in [3.63, 3.8) is 0 Å². The van der Waals surface area contributed by atoms with Gasteiger partial charge < -0.3 is 10.6 Å². The van der Waals surface area contributed by atoms with Gasteiger partial charge in [-0.15, -0.1) is 0 Å². The van der Waals surface area contributed by atoms with Crippen LogP contribution in [0.15, 0.2) is 30.5 Å². The summed E-state index contributed by atoms with van der Waals surface area (Å²) < 4.78 is 0. The summed E-state index contributed by atoms with van der Waals surface area (Å²) in [5.74, 6) is 0.591. The van der Waals surface area contributed by atoms with Crippen molar-refractivity contribution in [3.8, 4) is 0 Å². The summed E-state index contributed by atoms with van der Waals surface area (Å²) in [6.07, 6.45) is 8.34. The molecule has 1 heterocycles. The summed E-state index contributed by atoms with van der Waals surface area (Å²) in [5.41, 5.74) is 5.84. The molecule has 2 amide bonds. The Morgan fingerprint density at radius 2 is 2.20 bits per heavy atom. The van der Waals surface area contributed by atoms with Crippen molar-refractivity contribution < 1.29 is 4.79 Å². The van der Waals surface area contributed by atoms with Gasteiger partial charge in [0.05, 0.1) is 6.20 Å². The second-order valence-electron chi connectivity index (χ2n) is 7.88. The van der Waals surface area contributed by atoms with E-state index in [1.165, 1.54) is 41.6 Å². The minimum Gasteiger partial charge on any atom is -0.338 e. The molecule has 25 heavy (non-hydrogen) atoms. The molecule has 130 valence electrons. The molecule has 3 aliphatic carbocycles. The third kappa shape index (κ3) is 2.53. The minimum atomic E-state index is -0.0229. The Bertz CT molecular complexity index is 814. The van der Waals surface area contributed by atoms with Gasteiger partial charge >= 0.3 is 6.03 Å². The highest BCUT2D eigenvalue weighted by atomic mass is 16.2. The van der Waals surface area contributed by atoms with Crippen LogP contribution in [0.5, 0.6) is 0 Å². The van der Waals surface area contributed by atoms with E-state index in [4.69, 9.17) is 0 Å². The first kappa shape index (κ1) is 15.0. The Kier molecular flexibility index (Phi) is 3.37. The summed E-state index contributed by atoms with van der Waals surface area (Å²) in [5, 5.41) is 13.4. The molecule has 0 aliphatic heterocycles. The van der Waals surface area contributed by atoms with Crippen molar-refractivity contribution in [2.75, 3.05) is 6.54 Å². The molecule has 1 aromatic heterocycles. The van der Waals surface area contributed by atoms with Crippen LogP contribution in [-0.2, 0) is 24.7 Å². The molecule has 1 fully saturated rings. The lowest BCUT2D eigenvalue weighted by Crippen LogP contribution is -2.45. The van der Waals surface area contributed by atoms with Crippen LogP contribution in [-0.4, -0.2) is 28.8 Å². The molecule has 0 bridgehead atoms. The topological polar surface area (TPSA) is 69.8 Å². The van der Waals surface area contributed by atoms with E-state index < -0.39 is 0 Å². The second-order valence-corrected chi connectivity index (χ2v) is 7.88. The molecule has 1 aromatic carbocycles. The van der Waals surface area contributed by atoms with Crippen LogP contribution < -0.4 is 10.6 Å². The molecule has 5 heteroatoms. The fourth-order valence-electron chi connectivity index (χ4n) is 4.99. The number of nitrogens with one attached hydrogen (secondary N) is 3. The Morgan fingerprint density at radius 3 is 3.16 bits per heavy atom. The highest BCUT2D eigenvalue weighted by Crippen LogP contribution is 2.61. The van der Waals surface area contributed by atoms with Gasteiger partial charge in [0.25, 0.3) is 0 Å². The number of H-pyrrole nitrogens is 1. The van der Waals surface area contributed by atoms with E-state index in [2.05, 4.69) is 45.1 Å². The molecule has 5 rings (SSSR count). The largest absolute Gasteiger partial charge is 0.338 e. The summed E-state index contributed by atoms with van der Waals surface area (Å²) in [6, 6.07) is 9.01. The second kappa shape index (κ2) is 5.61. The molecule has 3 N–H and O–H groups in total. The van der Waals surface area contributed by atoms with Gasteiger partial charge in [-0.3, -0.25) is 5.10 Å². The number of rotatable bonds is 3. The number of hydrogen-bond donors (Lipinski definition) is 3. The Labute approximate surface area is 147 Å². The molecule has 0 saturated heterocycles. The van der Waals surface area contributed by atoms with Crippen LogP contribution in [0, 0.1) is 5.92 Å². The number of carbonyl (C=O) groups is 1. The number of aromatic amines is 1. The molecule has 3 aliphatic rings. The first-order valence-electron chi connectivity index (χ1n) is 9.38. The van der Waals surface area contributed by atoms with Gasteiger partial charge in [0, 0.05) is 23.7 Å². The highest BCUT2D eigenvalue weighted by Gasteiger charge is 2.57. The summed E-state index contributed by atoms with van der Waals surface area (Å²) in [7, 11) is 0. The van der Waals surface area contributed by atoms with Gasteiger partial charge in [-0.25, -0.2) is 4.79 Å². The smallest absolute Gasteiger partial charge is 0.315 e. The maximum atomic E-state index is 12.3. The molecule has 0 radical (unpaired) electrons. The number of aryl methyl sites for hydroxylation is 2. The number of urea groups is 1. The summed E-state index contributed by atoms with van der Waals surface area (Å²) in [4.78, 5) is 12.3. The first-order chi connectivity index (χ1) is 12.2. The number of nitrogens with zero attached hydrogens (tertiary/aromatic N) is 1. The fraction of sp³-hybridized carbons (Fsp3) is 0.500. The van der Waals surface area contributed by atoms with Crippen LogP contribution in [0.3, 0.4) is 0 Å². The SMILES string of the molecule is O=C(NC[C@@H]1C[C@@]12CCc1ccccc12)N[C@@H]1CCc2[nH]ncc2C1. The van der Waals surface area contributed by atoms with Crippen molar-refractivity contribution in [1.29, 1.82) is 0 Å². The van der Waals surface area contributed by atoms with Crippen molar-refractivity contribution in [1.82, 2.24) is 20.8 Å². The van der Waals surface area contributed by atoms with Crippen LogP contribution in [0.2, 0.25) is 0 Å². The standard InChI is InChI=1S/C20H24N4O/c25-19(23-16-5-6-18-14(9-16)11-22-24-18)21-12-15-10-20(15)8-7-13-3-1-2-4-17(13)20/h1-4,11,15-16H,5-10,12H2,(H,22,24)(H2,21,23,25)/t15-,16+,20-/m0/s1. The van der Waals surface area contributed by atoms with Gasteiger partial charge in [0.1, 0.15) is 0 Å². The lowest BCUT2D eigenvalue weighted by atomic mass is 9.94. The third-order valence-electron chi connectivity index (χ3n) is 6.49. The van der Waals surface area contributed by atoms with Gasteiger partial charge in [0.15, 0.2) is 0 Å². The molecule has 1 saturated carbocycles. The number of aromatic nitrogens is 2. The zero-order valence-corrected chi connectivity index (χ0v) is 14.3. The van der Waals surface area contributed by atoms with E-state index in [1.807, 2.05) is 6.20 Å². The van der Waals surface area contributed by atoms with Gasteiger partial charge in [0.2, 0.25) is 0 Å². The van der Waals surface area contributed by atoms with E-state index in [9.17, 15) is 4.79 Å². The molecule has 3 atom stereocenters. The number of amides is 2. The number of hydrogen-bond acceptors (Lipinski definition) is 2. The summed E-state index contributed by atoms with van der Waals surface area (Å²) in [6.45, 7) is 0.782. The van der Waals surface area contributed by atoms with Crippen LogP contribution >= 0.6 is 0 Å². The number of carbonyl (C=O) groups excluding carboxylic acids is 1. The van der Waals surface area contributed by atoms with Crippen molar-refractivity contribution in [3.05, 3.63) is 52.8 Å². The molecule has 0 unspecified atom stereocenters. The zero-order valence-electron chi connectivity index (χ0n) is 14.3.